The van der Waals surface area contributed by atoms with Crippen LogP contribution < -0.4 is 15.8 Å². The first-order valence-electron chi connectivity index (χ1n) is 7.68. The van der Waals surface area contributed by atoms with Gasteiger partial charge in [0.1, 0.15) is 5.75 Å². The van der Waals surface area contributed by atoms with E-state index in [1.54, 1.807) is 7.11 Å². The molecule has 0 aliphatic heterocycles. The highest BCUT2D eigenvalue weighted by molar-refractivity contribution is 7.21. The number of ether oxygens (including phenoxy) is 1. The molecule has 0 atom stereocenters. The molecule has 4 nitrogen and oxygen atoms in total. The summed E-state index contributed by atoms with van der Waals surface area (Å²) in [5.41, 5.74) is 6.72. The van der Waals surface area contributed by atoms with Crippen LogP contribution in [0.1, 0.15) is 40.9 Å². The van der Waals surface area contributed by atoms with Gasteiger partial charge in [0.15, 0.2) is 0 Å². The van der Waals surface area contributed by atoms with Crippen molar-refractivity contribution in [3.05, 3.63) is 28.6 Å². The summed E-state index contributed by atoms with van der Waals surface area (Å²) in [4.78, 5) is 13.5. The first-order valence-corrected chi connectivity index (χ1v) is 8.50. The highest BCUT2D eigenvalue weighted by Gasteiger charge is 2.34. The van der Waals surface area contributed by atoms with Crippen LogP contribution in [0.25, 0.3) is 10.1 Å². The number of nitrogens with one attached hydrogen (secondary N) is 1. The fourth-order valence-electron chi connectivity index (χ4n) is 3.27. The zero-order valence-corrected chi connectivity index (χ0v) is 15.1. The van der Waals surface area contributed by atoms with E-state index in [4.69, 9.17) is 10.5 Å². The second kappa shape index (κ2) is 7.07. The molecule has 0 spiro atoms. The zero-order chi connectivity index (χ0) is 15.7. The lowest BCUT2D eigenvalue weighted by Crippen LogP contribution is -2.51. The molecule has 1 aromatic heterocycles. The predicted octanol–water partition coefficient (Wildman–Crippen LogP) is 3.64. The number of benzene rings is 1. The molecule has 1 aliphatic carbocycles. The maximum Gasteiger partial charge on any atom is 0.262 e. The Labute approximate surface area is 146 Å². The van der Waals surface area contributed by atoms with Gasteiger partial charge >= 0.3 is 0 Å². The van der Waals surface area contributed by atoms with E-state index in [1.165, 1.54) is 11.3 Å². The molecule has 1 saturated carbocycles. The average molecular weight is 355 g/mol. The van der Waals surface area contributed by atoms with Crippen molar-refractivity contribution >= 4 is 39.7 Å². The molecule has 126 valence electrons. The number of hydrogen-bond acceptors (Lipinski definition) is 4. The van der Waals surface area contributed by atoms with Gasteiger partial charge < -0.3 is 15.8 Å². The number of hydrogen-bond donors (Lipinski definition) is 2. The van der Waals surface area contributed by atoms with Crippen LogP contribution in [0.5, 0.6) is 5.75 Å². The first kappa shape index (κ1) is 18.0. The van der Waals surface area contributed by atoms with Crippen molar-refractivity contribution in [2.24, 2.45) is 5.73 Å². The van der Waals surface area contributed by atoms with Crippen LogP contribution in [0.15, 0.2) is 18.2 Å². The van der Waals surface area contributed by atoms with Crippen LogP contribution in [0.4, 0.5) is 0 Å². The van der Waals surface area contributed by atoms with E-state index in [0.29, 0.717) is 6.54 Å². The number of carbonyl (C=O) groups is 1. The van der Waals surface area contributed by atoms with Gasteiger partial charge in [0, 0.05) is 11.2 Å². The minimum absolute atomic E-state index is 0. The largest absolute Gasteiger partial charge is 0.497 e. The van der Waals surface area contributed by atoms with Crippen LogP contribution in [-0.2, 0) is 0 Å². The Morgan fingerprint density at radius 1 is 1.39 bits per heavy atom. The molecule has 3 N–H and O–H groups in total. The van der Waals surface area contributed by atoms with Gasteiger partial charge in [-0.25, -0.2) is 0 Å². The summed E-state index contributed by atoms with van der Waals surface area (Å²) in [6.07, 6.45) is 4.24. The number of thiophene rings is 1. The van der Waals surface area contributed by atoms with Crippen LogP contribution in [0, 0.1) is 6.92 Å². The van der Waals surface area contributed by atoms with E-state index >= 15 is 0 Å². The summed E-state index contributed by atoms with van der Waals surface area (Å²) in [7, 11) is 1.65. The van der Waals surface area contributed by atoms with Gasteiger partial charge in [-0.1, -0.05) is 12.8 Å². The van der Waals surface area contributed by atoms with Crippen molar-refractivity contribution in [3.8, 4) is 5.75 Å². The number of nitrogens with two attached hydrogens (primary N) is 1. The van der Waals surface area contributed by atoms with Crippen LogP contribution in [-0.4, -0.2) is 25.1 Å². The molecule has 1 heterocycles. The third-order valence-electron chi connectivity index (χ3n) is 4.68. The van der Waals surface area contributed by atoms with E-state index in [0.717, 1.165) is 52.0 Å². The smallest absolute Gasteiger partial charge is 0.262 e. The second-order valence-electron chi connectivity index (χ2n) is 6.06. The van der Waals surface area contributed by atoms with Crippen LogP contribution >= 0.6 is 23.7 Å². The number of carbonyl (C=O) groups excluding carboxylic acids is 1. The molecular weight excluding hydrogens is 332 g/mol. The summed E-state index contributed by atoms with van der Waals surface area (Å²) in [6.45, 7) is 2.51. The Hall–Kier alpha value is -1.30. The topological polar surface area (TPSA) is 64.3 Å². The third kappa shape index (κ3) is 3.32. The van der Waals surface area contributed by atoms with E-state index < -0.39 is 0 Å². The zero-order valence-electron chi connectivity index (χ0n) is 13.5. The van der Waals surface area contributed by atoms with Crippen molar-refractivity contribution in [1.82, 2.24) is 5.32 Å². The van der Waals surface area contributed by atoms with Gasteiger partial charge in [0.25, 0.3) is 5.91 Å². The van der Waals surface area contributed by atoms with Crippen LogP contribution in [0.3, 0.4) is 0 Å². The summed E-state index contributed by atoms with van der Waals surface area (Å²) in [5, 5.41) is 4.29. The molecule has 0 radical (unpaired) electrons. The molecule has 2 aromatic rings. The predicted molar refractivity (Wildman–Crippen MR) is 98.1 cm³/mol. The molecule has 3 rings (SSSR count). The highest BCUT2D eigenvalue weighted by atomic mass is 35.5. The number of methoxy groups -OCH3 is 1. The molecule has 1 amide bonds. The average Bonchev–Trinajstić information content (AvgIpc) is 3.13. The quantitative estimate of drug-likeness (QED) is 0.881. The molecule has 0 unspecified atom stereocenters. The lowest BCUT2D eigenvalue weighted by atomic mass is 9.97. The first-order chi connectivity index (χ1) is 10.6. The Bertz CT molecular complexity index is 708. The molecule has 1 aromatic carbocycles. The molecule has 0 saturated heterocycles. The van der Waals surface area contributed by atoms with Gasteiger partial charge in [-0.15, -0.1) is 23.7 Å². The maximum absolute atomic E-state index is 12.7. The van der Waals surface area contributed by atoms with Crippen molar-refractivity contribution < 1.29 is 9.53 Å². The van der Waals surface area contributed by atoms with Gasteiger partial charge in [0.05, 0.1) is 17.5 Å². The number of amides is 1. The lowest BCUT2D eigenvalue weighted by Gasteiger charge is -2.28. The molecular formula is C17H23ClN2O2S. The fraction of sp³-hybridized carbons (Fsp3) is 0.471. The minimum Gasteiger partial charge on any atom is -0.497 e. The maximum atomic E-state index is 12.7. The minimum atomic E-state index is -0.211. The lowest BCUT2D eigenvalue weighted by molar-refractivity contribution is 0.0907. The monoisotopic (exact) mass is 354 g/mol. The van der Waals surface area contributed by atoms with Crippen molar-refractivity contribution in [1.29, 1.82) is 0 Å². The molecule has 0 bridgehead atoms. The van der Waals surface area contributed by atoms with Crippen molar-refractivity contribution in [3.63, 3.8) is 0 Å². The number of fused-ring (bicyclic) bond motifs is 1. The van der Waals surface area contributed by atoms with Crippen molar-refractivity contribution in [2.45, 2.75) is 38.1 Å². The fourth-order valence-corrected chi connectivity index (χ4v) is 4.36. The van der Waals surface area contributed by atoms with E-state index in [2.05, 4.69) is 5.32 Å². The van der Waals surface area contributed by atoms with Gasteiger partial charge in [-0.05, 0) is 48.9 Å². The van der Waals surface area contributed by atoms with Gasteiger partial charge in [0.2, 0.25) is 0 Å². The number of rotatable bonds is 4. The molecule has 23 heavy (non-hydrogen) atoms. The normalized spacial score (nSPS) is 16.1. The van der Waals surface area contributed by atoms with Crippen molar-refractivity contribution in [2.75, 3.05) is 13.7 Å². The Morgan fingerprint density at radius 2 is 2.09 bits per heavy atom. The van der Waals surface area contributed by atoms with Crippen LogP contribution in [0.2, 0.25) is 0 Å². The SMILES string of the molecule is COc1ccc2sc(C(=O)NC3(CN)CCCC3)c(C)c2c1.Cl. The van der Waals surface area contributed by atoms with Gasteiger partial charge in [-0.3, -0.25) is 4.79 Å². The number of aryl methyl sites for hydroxylation is 1. The number of halogens is 1. The second-order valence-corrected chi connectivity index (χ2v) is 7.12. The highest BCUT2D eigenvalue weighted by Crippen LogP contribution is 2.35. The van der Waals surface area contributed by atoms with E-state index in [1.807, 2.05) is 25.1 Å². The molecule has 1 aliphatic rings. The van der Waals surface area contributed by atoms with E-state index in [9.17, 15) is 4.79 Å². The summed E-state index contributed by atoms with van der Waals surface area (Å²) < 4.78 is 6.38. The Morgan fingerprint density at radius 3 is 2.70 bits per heavy atom. The molecule has 1 fully saturated rings. The Balaban J connectivity index is 0.00000192. The summed E-state index contributed by atoms with van der Waals surface area (Å²) >= 11 is 1.54. The third-order valence-corrected chi connectivity index (χ3v) is 5.95. The summed E-state index contributed by atoms with van der Waals surface area (Å²) in [5.74, 6) is 0.819. The Kier molecular flexibility index (Phi) is 5.55. The van der Waals surface area contributed by atoms with E-state index in [-0.39, 0.29) is 23.9 Å². The standard InChI is InChI=1S/C17H22N2O2S.ClH/c1-11-13-9-12(21-2)5-6-14(13)22-15(11)16(20)19-17(10-18)7-3-4-8-17;/h5-6,9H,3-4,7-8,10,18H2,1-2H3,(H,19,20);1H. The van der Waals surface area contributed by atoms with Gasteiger partial charge in [-0.2, -0.15) is 0 Å². The summed E-state index contributed by atoms with van der Waals surface area (Å²) in [6, 6.07) is 5.93. The molecule has 6 heteroatoms.